The average Bonchev–Trinajstić information content (AvgIpc) is 3.49. The molecule has 3 aliphatic rings. The van der Waals surface area contributed by atoms with E-state index in [2.05, 4.69) is 4.98 Å². The number of hydrogen-bond donors (Lipinski definition) is 1. The first-order chi connectivity index (χ1) is 20.6. The maximum Gasteiger partial charge on any atom is 0.418 e. The zero-order chi connectivity index (χ0) is 30.5. The number of alkyl halides is 3. The monoisotopic (exact) mass is 635 g/mol. The number of thiazole rings is 1. The van der Waals surface area contributed by atoms with Gasteiger partial charge in [0, 0.05) is 23.9 Å². The highest BCUT2D eigenvalue weighted by atomic mass is 32.2. The number of nitrogens with zero attached hydrogens (tertiary/aromatic N) is 2. The number of thioether (sulfide) groups is 1. The van der Waals surface area contributed by atoms with Crippen LogP contribution in [0.1, 0.15) is 21.9 Å². The number of imide groups is 1. The van der Waals surface area contributed by atoms with Crippen molar-refractivity contribution in [1.82, 2.24) is 9.88 Å². The van der Waals surface area contributed by atoms with E-state index in [1.165, 1.54) is 19.2 Å². The number of halogens is 3. The van der Waals surface area contributed by atoms with E-state index in [0.717, 1.165) is 35.2 Å². The smallest absolute Gasteiger partial charge is 0.418 e. The molecule has 0 aliphatic carbocycles. The molecule has 0 radical (unpaired) electrons. The van der Waals surface area contributed by atoms with Crippen molar-refractivity contribution in [1.29, 1.82) is 0 Å². The Morgan fingerprint density at radius 1 is 1.07 bits per heavy atom. The lowest BCUT2D eigenvalue weighted by Gasteiger charge is -2.30. The van der Waals surface area contributed by atoms with E-state index in [0.29, 0.717) is 46.7 Å². The van der Waals surface area contributed by atoms with Gasteiger partial charge in [-0.15, -0.1) is 0 Å². The predicted octanol–water partition coefficient (Wildman–Crippen LogP) is 3.50. The molecule has 3 amide bonds. The molecular weight excluding hydrogens is 611 g/mol. The van der Waals surface area contributed by atoms with Gasteiger partial charge >= 0.3 is 11.0 Å². The molecular formula is C28H24F3N3O7S2. The molecule has 2 fully saturated rings. The quantitative estimate of drug-likeness (QED) is 0.409. The fraction of sp³-hybridized carbons (Fsp3) is 0.357. The topological polar surface area (TPSA) is 118 Å². The van der Waals surface area contributed by atoms with Crippen LogP contribution in [0.25, 0.3) is 0 Å². The number of aromatic nitrogens is 1. The number of anilines is 1. The van der Waals surface area contributed by atoms with Crippen molar-refractivity contribution in [3.05, 3.63) is 68.1 Å². The van der Waals surface area contributed by atoms with Gasteiger partial charge < -0.3 is 24.1 Å². The molecule has 3 aliphatic heterocycles. The first kappa shape index (κ1) is 29.3. The molecule has 2 aromatic carbocycles. The van der Waals surface area contributed by atoms with Crippen molar-refractivity contribution in [2.45, 2.75) is 22.4 Å². The second kappa shape index (κ2) is 11.4. The molecule has 0 unspecified atom stereocenters. The summed E-state index contributed by atoms with van der Waals surface area (Å²) >= 11 is 1.83. The number of aromatic amines is 1. The van der Waals surface area contributed by atoms with Gasteiger partial charge in [0.1, 0.15) is 5.25 Å². The first-order valence-corrected chi connectivity index (χ1v) is 14.9. The Morgan fingerprint density at radius 2 is 1.81 bits per heavy atom. The van der Waals surface area contributed by atoms with Crippen LogP contribution in [0.2, 0.25) is 0 Å². The molecule has 1 aromatic heterocycles. The van der Waals surface area contributed by atoms with Crippen molar-refractivity contribution in [3.8, 4) is 11.5 Å². The van der Waals surface area contributed by atoms with E-state index in [1.807, 2.05) is 0 Å². The van der Waals surface area contributed by atoms with Crippen molar-refractivity contribution in [2.75, 3.05) is 44.9 Å². The van der Waals surface area contributed by atoms with Crippen LogP contribution in [-0.2, 0) is 25.3 Å². The summed E-state index contributed by atoms with van der Waals surface area (Å²) in [4.78, 5) is 57.5. The molecule has 43 heavy (non-hydrogen) atoms. The standard InChI is InChI=1S/C28H24F3N3O7S2/c1-39-18-12-14(6-7-17(18)41-13-19(35)33-8-10-40-11-9-33)20-21-23(42-24-22(20)43-27(38)32-24)26(37)34(25(21)36)16-5-3-2-4-15(16)28(29,30)31/h2-7,12,20-21,23H,8-11,13H2,1H3,(H,32,38)/t20-,21-,23+/m0/s1. The summed E-state index contributed by atoms with van der Waals surface area (Å²) in [5.41, 5.74) is -1.15. The number of para-hydroxylation sites is 1. The maximum atomic E-state index is 13.9. The normalized spacial score (nSPS) is 21.9. The Morgan fingerprint density at radius 3 is 2.53 bits per heavy atom. The largest absolute Gasteiger partial charge is 0.493 e. The van der Waals surface area contributed by atoms with E-state index in [-0.39, 0.29) is 24.0 Å². The highest BCUT2D eigenvalue weighted by Crippen LogP contribution is 2.54. The van der Waals surface area contributed by atoms with Gasteiger partial charge in [0.05, 0.1) is 42.5 Å². The number of rotatable bonds is 6. The number of hydrogen-bond acceptors (Lipinski definition) is 9. The minimum absolute atomic E-state index is 0.224. The summed E-state index contributed by atoms with van der Waals surface area (Å²) in [5, 5.41) is -0.701. The zero-order valence-electron chi connectivity index (χ0n) is 22.5. The summed E-state index contributed by atoms with van der Waals surface area (Å²) in [6.45, 7) is 1.56. The van der Waals surface area contributed by atoms with Gasteiger partial charge in [-0.3, -0.25) is 19.2 Å². The van der Waals surface area contributed by atoms with Gasteiger partial charge in [-0.2, -0.15) is 13.2 Å². The summed E-state index contributed by atoms with van der Waals surface area (Å²) in [6, 6.07) is 9.22. The molecule has 0 spiro atoms. The number of amides is 3. The van der Waals surface area contributed by atoms with Gasteiger partial charge in [-0.25, -0.2) is 4.90 Å². The number of methoxy groups -OCH3 is 1. The third-order valence-electron chi connectivity index (χ3n) is 7.54. The number of benzene rings is 2. The highest BCUT2D eigenvalue weighted by molar-refractivity contribution is 8.00. The van der Waals surface area contributed by atoms with Crippen LogP contribution in [0.15, 0.2) is 52.3 Å². The number of carbonyl (C=O) groups excluding carboxylic acids is 3. The second-order valence-electron chi connectivity index (χ2n) is 9.97. The SMILES string of the molecule is COc1cc([C@@H]2c3sc(=O)[nH]c3S[C@H]3C(=O)N(c4ccccc4C(F)(F)F)C(=O)[C@@H]23)ccc1OCC(=O)N1CCOCC1. The maximum absolute atomic E-state index is 13.9. The minimum atomic E-state index is -4.80. The van der Waals surface area contributed by atoms with Gasteiger partial charge in [0.2, 0.25) is 11.8 Å². The summed E-state index contributed by atoms with van der Waals surface area (Å²) in [7, 11) is 1.40. The van der Waals surface area contributed by atoms with Crippen LogP contribution in [0.3, 0.4) is 0 Å². The zero-order valence-corrected chi connectivity index (χ0v) is 24.1. The van der Waals surface area contributed by atoms with Gasteiger partial charge in [0.25, 0.3) is 5.91 Å². The number of fused-ring (bicyclic) bond motifs is 2. The molecule has 1 N–H and O–H groups in total. The van der Waals surface area contributed by atoms with Crippen LogP contribution >= 0.6 is 23.1 Å². The molecule has 0 saturated carbocycles. The van der Waals surface area contributed by atoms with Crippen LogP contribution in [0.5, 0.6) is 11.5 Å². The number of H-pyrrole nitrogens is 1. The van der Waals surface area contributed by atoms with E-state index in [9.17, 15) is 32.3 Å². The molecule has 6 rings (SSSR count). The predicted molar refractivity (Wildman–Crippen MR) is 150 cm³/mol. The molecule has 3 atom stereocenters. The second-order valence-corrected chi connectivity index (χ2v) is 12.1. The van der Waals surface area contributed by atoms with E-state index >= 15 is 0 Å². The third kappa shape index (κ3) is 5.29. The lowest BCUT2D eigenvalue weighted by molar-refractivity contribution is -0.138. The van der Waals surface area contributed by atoms with Crippen molar-refractivity contribution >= 4 is 46.5 Å². The van der Waals surface area contributed by atoms with Gasteiger partial charge in [-0.05, 0) is 29.8 Å². The Kier molecular flexibility index (Phi) is 7.73. The van der Waals surface area contributed by atoms with Crippen molar-refractivity contribution < 1.29 is 41.8 Å². The van der Waals surface area contributed by atoms with E-state index in [4.69, 9.17) is 14.2 Å². The lowest BCUT2D eigenvalue weighted by Crippen LogP contribution is -2.43. The van der Waals surface area contributed by atoms with Crippen molar-refractivity contribution in [2.24, 2.45) is 5.92 Å². The average molecular weight is 636 g/mol. The lowest BCUT2D eigenvalue weighted by atomic mass is 9.83. The minimum Gasteiger partial charge on any atom is -0.493 e. The molecule has 10 nitrogen and oxygen atoms in total. The Hall–Kier alpha value is -3.82. The number of carbonyl (C=O) groups is 3. The van der Waals surface area contributed by atoms with Gasteiger partial charge in [-0.1, -0.05) is 41.3 Å². The van der Waals surface area contributed by atoms with Crippen LogP contribution < -0.4 is 19.2 Å². The Labute approximate surface area is 250 Å². The fourth-order valence-electron chi connectivity index (χ4n) is 5.56. The van der Waals surface area contributed by atoms with E-state index < -0.39 is 51.2 Å². The summed E-state index contributed by atoms with van der Waals surface area (Å²) in [5.74, 6) is -3.27. The first-order valence-electron chi connectivity index (χ1n) is 13.2. The number of nitrogens with one attached hydrogen (secondary N) is 1. The molecule has 3 aromatic rings. The molecule has 4 heterocycles. The number of morpholine rings is 1. The van der Waals surface area contributed by atoms with Crippen molar-refractivity contribution in [3.63, 3.8) is 0 Å². The summed E-state index contributed by atoms with van der Waals surface area (Å²) in [6.07, 6.45) is -4.80. The van der Waals surface area contributed by atoms with Gasteiger partial charge in [0.15, 0.2) is 18.1 Å². The van der Waals surface area contributed by atoms with Crippen LogP contribution in [0.4, 0.5) is 18.9 Å². The highest BCUT2D eigenvalue weighted by Gasteiger charge is 2.57. The molecule has 226 valence electrons. The fourth-order valence-corrected chi connectivity index (χ4v) is 8.08. The Balaban J connectivity index is 1.35. The molecule has 15 heteroatoms. The van der Waals surface area contributed by atoms with E-state index in [1.54, 1.807) is 23.1 Å². The molecule has 0 bridgehead atoms. The molecule has 2 saturated heterocycles. The third-order valence-corrected chi connectivity index (χ3v) is 9.94. The van der Waals surface area contributed by atoms with Crippen LogP contribution in [0, 0.1) is 5.92 Å². The Bertz CT molecular complexity index is 1650. The van der Waals surface area contributed by atoms with Crippen LogP contribution in [-0.4, -0.2) is 72.9 Å². The number of ether oxygens (including phenoxy) is 3. The summed E-state index contributed by atoms with van der Waals surface area (Å²) < 4.78 is 58.2.